The van der Waals surface area contributed by atoms with Gasteiger partial charge in [-0.15, -0.1) is 0 Å². The molecule has 0 unspecified atom stereocenters. The van der Waals surface area contributed by atoms with Gasteiger partial charge in [-0.25, -0.2) is 0 Å². The van der Waals surface area contributed by atoms with Crippen LogP contribution in [-0.2, 0) is 32.5 Å². The van der Waals surface area contributed by atoms with Gasteiger partial charge < -0.3 is 9.80 Å². The van der Waals surface area contributed by atoms with Gasteiger partial charge >= 0.3 is 0 Å². The van der Waals surface area contributed by atoms with Gasteiger partial charge in [-0.2, -0.15) is 0 Å². The van der Waals surface area contributed by atoms with E-state index in [1.54, 1.807) is 0 Å². The maximum atomic E-state index is 2.70. The maximum absolute atomic E-state index is 2.70. The smallest absolute Gasteiger partial charge is 0.252 e. The van der Waals surface area contributed by atoms with Crippen LogP contribution in [0.2, 0.25) is 0 Å². The molecular weight excluding hydrogens is 1100 g/mol. The van der Waals surface area contributed by atoms with Crippen molar-refractivity contribution in [1.82, 2.24) is 0 Å². The number of anilines is 6. The van der Waals surface area contributed by atoms with Crippen LogP contribution in [-0.4, -0.2) is 6.71 Å². The SMILES string of the molecule is Cc1cc(-c2ccccc2)cc(C)c1-c1ccc2c(c1)N(c1cc(C(C)(C)C)cc(C(C)(C)C)c1)c1cc(-c3cc(C(C)(C)C)cc(C(C)(C)C)c3)cc3c1B2c1ccc(-c2c(C)cc(-c4ccccc4)cc2C)cc1N3c1cc(C(C)(C)C)cc(C(C)(C)C)c1. The molecule has 91 heavy (non-hydrogen) atoms. The van der Waals surface area contributed by atoms with E-state index in [2.05, 4.69) is 350 Å². The molecule has 2 heterocycles. The summed E-state index contributed by atoms with van der Waals surface area (Å²) in [6.07, 6.45) is 0. The average molecular weight is 1190 g/mol. The third-order valence-electron chi connectivity index (χ3n) is 19.7. The molecule has 3 heteroatoms. The second-order valence-electron chi connectivity index (χ2n) is 33.1. The molecule has 2 aliphatic rings. The number of rotatable bonds is 7. The molecule has 0 atom stereocenters. The molecule has 0 spiro atoms. The number of nitrogens with zero attached hydrogens (tertiary/aromatic N) is 2. The van der Waals surface area contributed by atoms with Gasteiger partial charge in [-0.05, 0) is 236 Å². The molecular formula is C88H97BN2. The molecule has 0 aliphatic carbocycles. The maximum Gasteiger partial charge on any atom is 0.252 e. The first-order chi connectivity index (χ1) is 42.5. The Labute approximate surface area is 547 Å². The van der Waals surface area contributed by atoms with Gasteiger partial charge in [0.15, 0.2) is 0 Å². The normalized spacial score (nSPS) is 13.5. The highest BCUT2D eigenvalue weighted by Crippen LogP contribution is 2.51. The zero-order valence-corrected chi connectivity index (χ0v) is 58.9. The predicted octanol–water partition coefficient (Wildman–Crippen LogP) is 23.1. The Hall–Kier alpha value is -8.14. The lowest BCUT2D eigenvalue weighted by Gasteiger charge is -2.45. The van der Waals surface area contributed by atoms with Gasteiger partial charge in [0, 0.05) is 34.1 Å². The molecule has 10 aromatic carbocycles. The summed E-state index contributed by atoms with van der Waals surface area (Å²) in [7, 11) is 0. The zero-order valence-electron chi connectivity index (χ0n) is 58.9. The van der Waals surface area contributed by atoms with E-state index in [4.69, 9.17) is 0 Å². The van der Waals surface area contributed by atoms with Gasteiger partial charge in [-0.1, -0.05) is 264 Å². The lowest BCUT2D eigenvalue weighted by molar-refractivity contribution is 0.568. The minimum Gasteiger partial charge on any atom is -0.311 e. The second kappa shape index (κ2) is 22.3. The topological polar surface area (TPSA) is 6.48 Å². The van der Waals surface area contributed by atoms with E-state index in [-0.39, 0.29) is 39.2 Å². The van der Waals surface area contributed by atoms with E-state index < -0.39 is 0 Å². The highest BCUT2D eigenvalue weighted by molar-refractivity contribution is 7.00. The standard InChI is InChI=1S/C88H97BN2/c1-54-37-62(58-29-25-23-26-30-58)38-55(2)80(54)60-33-35-74-76(43-60)90(72-50-68(85(11,12)13)48-69(51-72)86(14,15)16)78-45-65(64-41-66(83(5,6)7)47-67(42-64)84(8,9)10)46-79-82(78)89(74)75-36-34-61(81-56(3)39-63(40-57(81)4)59-31-27-24-28-32-59)44-77(75)91(79)73-52-70(87(17,18)19)49-71(53-73)88(20,21)22/h23-53H,1-22H3. The van der Waals surface area contributed by atoms with Gasteiger partial charge in [0.2, 0.25) is 0 Å². The number of benzene rings is 10. The van der Waals surface area contributed by atoms with E-state index in [0.717, 1.165) is 0 Å². The third kappa shape index (κ3) is 11.9. The minimum absolute atomic E-state index is 0.0923. The van der Waals surface area contributed by atoms with Crippen LogP contribution in [0.15, 0.2) is 188 Å². The zero-order chi connectivity index (χ0) is 65.4. The van der Waals surface area contributed by atoms with Crippen molar-refractivity contribution in [3.63, 3.8) is 0 Å². The summed E-state index contributed by atoms with van der Waals surface area (Å²) in [6, 6.07) is 74.0. The molecule has 0 N–H and O–H groups in total. The molecule has 0 saturated heterocycles. The lowest BCUT2D eigenvalue weighted by Crippen LogP contribution is -2.61. The minimum atomic E-state index is -0.124. The summed E-state index contributed by atoms with van der Waals surface area (Å²) < 4.78 is 0. The van der Waals surface area contributed by atoms with Crippen molar-refractivity contribution in [3.05, 3.63) is 244 Å². The summed E-state index contributed by atoms with van der Waals surface area (Å²) in [4.78, 5) is 5.41. The predicted molar refractivity (Wildman–Crippen MR) is 399 cm³/mol. The van der Waals surface area contributed by atoms with Crippen LogP contribution in [0.4, 0.5) is 34.1 Å². The van der Waals surface area contributed by atoms with Crippen molar-refractivity contribution < 1.29 is 0 Å². The first-order valence-corrected chi connectivity index (χ1v) is 33.4. The third-order valence-corrected chi connectivity index (χ3v) is 19.7. The van der Waals surface area contributed by atoms with Crippen LogP contribution in [0, 0.1) is 27.7 Å². The van der Waals surface area contributed by atoms with E-state index in [0.29, 0.717) is 0 Å². The number of hydrogen-bond donors (Lipinski definition) is 0. The molecule has 0 radical (unpaired) electrons. The summed E-state index contributed by atoms with van der Waals surface area (Å²) >= 11 is 0. The quantitative estimate of drug-likeness (QED) is 0.147. The fourth-order valence-electron chi connectivity index (χ4n) is 14.3. The highest BCUT2D eigenvalue weighted by Gasteiger charge is 2.45. The molecule has 10 aromatic rings. The second-order valence-corrected chi connectivity index (χ2v) is 33.1. The monoisotopic (exact) mass is 1190 g/mol. The Morgan fingerprint density at radius 1 is 0.242 bits per heavy atom. The molecule has 0 bridgehead atoms. The number of hydrogen-bond acceptors (Lipinski definition) is 2. The molecule has 12 rings (SSSR count). The fourth-order valence-corrected chi connectivity index (χ4v) is 14.3. The molecule has 0 saturated carbocycles. The highest BCUT2D eigenvalue weighted by atomic mass is 15.2. The Kier molecular flexibility index (Phi) is 15.5. The summed E-state index contributed by atoms with van der Waals surface area (Å²) in [5.41, 5.74) is 35.9. The number of fused-ring (bicyclic) bond motifs is 4. The Morgan fingerprint density at radius 3 is 0.802 bits per heavy atom. The number of aryl methyl sites for hydroxylation is 4. The van der Waals surface area contributed by atoms with E-state index in [9.17, 15) is 0 Å². The van der Waals surface area contributed by atoms with Crippen LogP contribution in [0.25, 0.3) is 55.6 Å². The van der Waals surface area contributed by atoms with Crippen molar-refractivity contribution in [2.75, 3.05) is 9.80 Å². The van der Waals surface area contributed by atoms with Crippen molar-refractivity contribution in [3.8, 4) is 55.6 Å². The van der Waals surface area contributed by atoms with Crippen molar-refractivity contribution in [2.24, 2.45) is 0 Å². The van der Waals surface area contributed by atoms with Crippen LogP contribution in [0.3, 0.4) is 0 Å². The lowest BCUT2D eigenvalue weighted by atomic mass is 9.33. The van der Waals surface area contributed by atoms with Gasteiger partial charge in [0.25, 0.3) is 6.71 Å². The molecule has 2 aliphatic heterocycles. The molecule has 0 aromatic heterocycles. The van der Waals surface area contributed by atoms with E-state index in [1.165, 1.54) is 162 Å². The fraction of sp³-hybridized carbons (Fsp3) is 0.318. The van der Waals surface area contributed by atoms with Crippen LogP contribution < -0.4 is 26.2 Å². The largest absolute Gasteiger partial charge is 0.311 e. The van der Waals surface area contributed by atoms with Crippen molar-refractivity contribution in [2.45, 2.75) is 185 Å². The van der Waals surface area contributed by atoms with Crippen molar-refractivity contribution in [1.29, 1.82) is 0 Å². The van der Waals surface area contributed by atoms with Gasteiger partial charge in [0.1, 0.15) is 0 Å². The molecule has 2 nitrogen and oxygen atoms in total. The van der Waals surface area contributed by atoms with Crippen LogP contribution in [0.5, 0.6) is 0 Å². The Balaban J connectivity index is 1.25. The molecule has 0 fully saturated rings. The van der Waals surface area contributed by atoms with Gasteiger partial charge in [-0.3, -0.25) is 0 Å². The molecule has 0 amide bonds. The first kappa shape index (κ1) is 63.0. The molecule has 462 valence electrons. The summed E-state index contributed by atoms with van der Waals surface area (Å²) in [5.74, 6) is 0. The van der Waals surface area contributed by atoms with Crippen molar-refractivity contribution >= 4 is 57.2 Å². The Morgan fingerprint density at radius 2 is 0.505 bits per heavy atom. The Bertz CT molecular complexity index is 4100. The summed E-state index contributed by atoms with van der Waals surface area (Å²) in [6.45, 7) is 51.8. The van der Waals surface area contributed by atoms with E-state index >= 15 is 0 Å². The summed E-state index contributed by atoms with van der Waals surface area (Å²) in [5, 5.41) is 0. The van der Waals surface area contributed by atoms with E-state index in [1.807, 2.05) is 0 Å². The van der Waals surface area contributed by atoms with Crippen LogP contribution in [0.1, 0.15) is 180 Å². The average Bonchev–Trinajstić information content (AvgIpc) is 0.701. The van der Waals surface area contributed by atoms with Gasteiger partial charge in [0.05, 0.1) is 0 Å². The van der Waals surface area contributed by atoms with Crippen LogP contribution >= 0.6 is 0 Å². The first-order valence-electron chi connectivity index (χ1n) is 33.4.